The number of benzene rings is 1. The number of nitrogens with one attached hydrogen (secondary N) is 1. The third-order valence-electron chi connectivity index (χ3n) is 4.19. The number of halogens is 2. The van der Waals surface area contributed by atoms with E-state index in [1.165, 1.54) is 0 Å². The number of hydrogen-bond donors (Lipinski definition) is 2. The van der Waals surface area contributed by atoms with E-state index in [2.05, 4.69) is 5.32 Å². The summed E-state index contributed by atoms with van der Waals surface area (Å²) in [4.78, 5) is 14.1. The predicted molar refractivity (Wildman–Crippen MR) is 89.2 cm³/mol. The minimum atomic E-state index is -0.353. The van der Waals surface area contributed by atoms with Crippen molar-refractivity contribution in [1.29, 1.82) is 0 Å². The molecule has 3 atom stereocenters. The van der Waals surface area contributed by atoms with Gasteiger partial charge in [0.2, 0.25) is 5.91 Å². The number of β-amino-alcohol motifs (C(OH)–C–C–N with tert-alkyl or cyclic N) is 1. The van der Waals surface area contributed by atoms with Crippen molar-refractivity contribution in [3.8, 4) is 0 Å². The molecule has 6 heteroatoms. The van der Waals surface area contributed by atoms with Crippen LogP contribution >= 0.6 is 23.2 Å². The van der Waals surface area contributed by atoms with Crippen LogP contribution < -0.4 is 5.32 Å². The summed E-state index contributed by atoms with van der Waals surface area (Å²) in [6.07, 6.45) is 0.561. The number of carbonyl (C=O) groups excluding carboxylic acids is 1. The molecule has 22 heavy (non-hydrogen) atoms. The molecule has 0 spiro atoms. The highest BCUT2D eigenvalue weighted by atomic mass is 35.5. The summed E-state index contributed by atoms with van der Waals surface area (Å²) in [6.45, 7) is 5.64. The predicted octanol–water partition coefficient (Wildman–Crippen LogP) is 2.87. The maximum Gasteiger partial charge on any atom is 0.234 e. The molecule has 3 unspecified atom stereocenters. The maximum atomic E-state index is 12.1. The lowest BCUT2D eigenvalue weighted by molar-refractivity contribution is -0.123. The SMILES string of the molecule is CC(NC(=O)CN1CCC(C)C(O)C1)c1ccc(Cl)c(Cl)c1. The summed E-state index contributed by atoms with van der Waals surface area (Å²) in [7, 11) is 0. The van der Waals surface area contributed by atoms with E-state index < -0.39 is 0 Å². The van der Waals surface area contributed by atoms with Crippen LogP contribution in [0.1, 0.15) is 31.9 Å². The number of amides is 1. The van der Waals surface area contributed by atoms with Crippen LogP contribution in [0, 0.1) is 5.92 Å². The molecule has 1 amide bonds. The number of nitrogens with zero attached hydrogens (tertiary/aromatic N) is 1. The van der Waals surface area contributed by atoms with Crippen molar-refractivity contribution in [3.63, 3.8) is 0 Å². The first-order valence-corrected chi connectivity index (χ1v) is 8.27. The average molecular weight is 345 g/mol. The fourth-order valence-corrected chi connectivity index (χ4v) is 2.92. The summed E-state index contributed by atoms with van der Waals surface area (Å²) in [5.74, 6) is 0.245. The van der Waals surface area contributed by atoms with Gasteiger partial charge in [-0.2, -0.15) is 0 Å². The molecule has 0 aliphatic carbocycles. The molecular formula is C16H22Cl2N2O2. The molecule has 1 aromatic carbocycles. The van der Waals surface area contributed by atoms with E-state index in [-0.39, 0.29) is 18.1 Å². The molecule has 2 rings (SSSR count). The van der Waals surface area contributed by atoms with Gasteiger partial charge in [-0.3, -0.25) is 9.69 Å². The van der Waals surface area contributed by atoms with E-state index in [9.17, 15) is 9.90 Å². The Morgan fingerprint density at radius 2 is 2.18 bits per heavy atom. The molecule has 1 heterocycles. The molecular weight excluding hydrogens is 323 g/mol. The standard InChI is InChI=1S/C16H22Cl2N2O2/c1-10-5-6-20(8-15(10)21)9-16(22)19-11(2)12-3-4-13(17)14(18)7-12/h3-4,7,10-11,15,21H,5-6,8-9H2,1-2H3,(H,19,22). The number of piperidine rings is 1. The van der Waals surface area contributed by atoms with Crippen molar-refractivity contribution < 1.29 is 9.90 Å². The number of rotatable bonds is 4. The largest absolute Gasteiger partial charge is 0.392 e. The van der Waals surface area contributed by atoms with Crippen LogP contribution in [0.15, 0.2) is 18.2 Å². The average Bonchev–Trinajstić information content (AvgIpc) is 2.45. The van der Waals surface area contributed by atoms with Gasteiger partial charge in [-0.1, -0.05) is 36.2 Å². The second-order valence-electron chi connectivity index (χ2n) is 6.03. The molecule has 1 aliphatic heterocycles. The van der Waals surface area contributed by atoms with Crippen molar-refractivity contribution >= 4 is 29.1 Å². The highest BCUT2D eigenvalue weighted by molar-refractivity contribution is 6.42. The van der Waals surface area contributed by atoms with E-state index in [4.69, 9.17) is 23.2 Å². The molecule has 0 bridgehead atoms. The second-order valence-corrected chi connectivity index (χ2v) is 6.85. The van der Waals surface area contributed by atoms with Gasteiger partial charge >= 0.3 is 0 Å². The molecule has 4 nitrogen and oxygen atoms in total. The van der Waals surface area contributed by atoms with Gasteiger partial charge in [0.1, 0.15) is 0 Å². The van der Waals surface area contributed by atoms with Crippen LogP contribution in [-0.4, -0.2) is 41.7 Å². The first-order valence-electron chi connectivity index (χ1n) is 7.51. The molecule has 1 saturated heterocycles. The van der Waals surface area contributed by atoms with Gasteiger partial charge < -0.3 is 10.4 Å². The summed E-state index contributed by atoms with van der Waals surface area (Å²) >= 11 is 11.9. The van der Waals surface area contributed by atoms with Gasteiger partial charge in [0, 0.05) is 6.54 Å². The lowest BCUT2D eigenvalue weighted by Crippen LogP contribution is -2.47. The van der Waals surface area contributed by atoms with Crippen LogP contribution in [0.4, 0.5) is 0 Å². The summed E-state index contributed by atoms with van der Waals surface area (Å²) < 4.78 is 0. The van der Waals surface area contributed by atoms with E-state index >= 15 is 0 Å². The maximum absolute atomic E-state index is 12.1. The molecule has 1 aromatic rings. The van der Waals surface area contributed by atoms with E-state index in [0.29, 0.717) is 29.1 Å². The second kappa shape index (κ2) is 7.64. The van der Waals surface area contributed by atoms with Crippen LogP contribution in [-0.2, 0) is 4.79 Å². The number of likely N-dealkylation sites (tertiary alicyclic amines) is 1. The molecule has 0 saturated carbocycles. The van der Waals surface area contributed by atoms with E-state index in [1.54, 1.807) is 12.1 Å². The van der Waals surface area contributed by atoms with Gasteiger partial charge in [0.05, 0.1) is 28.7 Å². The van der Waals surface area contributed by atoms with E-state index in [0.717, 1.165) is 18.5 Å². The third-order valence-corrected chi connectivity index (χ3v) is 4.93. The smallest absolute Gasteiger partial charge is 0.234 e. The lowest BCUT2D eigenvalue weighted by atomic mass is 9.96. The van der Waals surface area contributed by atoms with Gasteiger partial charge in [0.25, 0.3) is 0 Å². The Hall–Kier alpha value is -0.810. The van der Waals surface area contributed by atoms with Crippen molar-refractivity contribution in [1.82, 2.24) is 10.2 Å². The number of aliphatic hydroxyl groups excluding tert-OH is 1. The Morgan fingerprint density at radius 1 is 1.45 bits per heavy atom. The summed E-state index contributed by atoms with van der Waals surface area (Å²) in [6, 6.07) is 5.20. The number of hydrogen-bond acceptors (Lipinski definition) is 3. The topological polar surface area (TPSA) is 52.6 Å². The Kier molecular flexibility index (Phi) is 6.09. The van der Waals surface area contributed by atoms with Crippen molar-refractivity contribution in [2.24, 2.45) is 5.92 Å². The Balaban J connectivity index is 1.87. The van der Waals surface area contributed by atoms with Crippen LogP contribution in [0.5, 0.6) is 0 Å². The first kappa shape index (κ1) is 17.5. The number of aliphatic hydroxyl groups is 1. The fourth-order valence-electron chi connectivity index (χ4n) is 2.61. The van der Waals surface area contributed by atoms with Gasteiger partial charge in [0.15, 0.2) is 0 Å². The zero-order valence-corrected chi connectivity index (χ0v) is 14.4. The van der Waals surface area contributed by atoms with Gasteiger partial charge in [-0.25, -0.2) is 0 Å². The summed E-state index contributed by atoms with van der Waals surface area (Å²) in [5.41, 5.74) is 0.912. The lowest BCUT2D eigenvalue weighted by Gasteiger charge is -2.33. The van der Waals surface area contributed by atoms with Crippen LogP contribution in [0.2, 0.25) is 10.0 Å². The van der Waals surface area contributed by atoms with Crippen molar-refractivity contribution in [2.45, 2.75) is 32.4 Å². The minimum Gasteiger partial charge on any atom is -0.392 e. The Morgan fingerprint density at radius 3 is 2.82 bits per heavy atom. The van der Waals surface area contributed by atoms with Gasteiger partial charge in [-0.15, -0.1) is 0 Å². The molecule has 2 N–H and O–H groups in total. The number of carbonyl (C=O) groups is 1. The molecule has 122 valence electrons. The Bertz CT molecular complexity index is 539. The highest BCUT2D eigenvalue weighted by Crippen LogP contribution is 2.25. The highest BCUT2D eigenvalue weighted by Gasteiger charge is 2.25. The zero-order valence-electron chi connectivity index (χ0n) is 12.9. The quantitative estimate of drug-likeness (QED) is 0.882. The van der Waals surface area contributed by atoms with Crippen LogP contribution in [0.3, 0.4) is 0 Å². The summed E-state index contributed by atoms with van der Waals surface area (Å²) in [5, 5.41) is 13.8. The third kappa shape index (κ3) is 4.59. The minimum absolute atomic E-state index is 0.0553. The van der Waals surface area contributed by atoms with Gasteiger partial charge in [-0.05, 0) is 43.5 Å². The molecule has 0 aromatic heterocycles. The van der Waals surface area contributed by atoms with Crippen molar-refractivity contribution in [3.05, 3.63) is 33.8 Å². The van der Waals surface area contributed by atoms with Crippen molar-refractivity contribution in [2.75, 3.05) is 19.6 Å². The zero-order chi connectivity index (χ0) is 16.3. The van der Waals surface area contributed by atoms with E-state index in [1.807, 2.05) is 24.8 Å². The molecule has 0 radical (unpaired) electrons. The molecule has 1 aliphatic rings. The first-order chi connectivity index (χ1) is 10.4. The fraction of sp³-hybridized carbons (Fsp3) is 0.562. The van der Waals surface area contributed by atoms with Crippen LogP contribution in [0.25, 0.3) is 0 Å². The normalized spacial score (nSPS) is 24.0. The molecule has 1 fully saturated rings. The monoisotopic (exact) mass is 344 g/mol. The Labute approximate surface area is 141 Å².